The number of nitrogens with zero attached hydrogens (tertiary/aromatic N) is 2. The maximum atomic E-state index is 11.5. The summed E-state index contributed by atoms with van der Waals surface area (Å²) in [4.78, 5) is 13.1. The Kier molecular flexibility index (Phi) is 5.27. The Bertz CT molecular complexity index is 834. The van der Waals surface area contributed by atoms with Crippen LogP contribution < -0.4 is 0 Å². The van der Waals surface area contributed by atoms with Gasteiger partial charge in [-0.1, -0.05) is 44.2 Å². The van der Waals surface area contributed by atoms with Crippen LogP contribution in [0.25, 0.3) is 11.1 Å². The van der Waals surface area contributed by atoms with E-state index in [1.165, 1.54) is 11.1 Å². The maximum absolute atomic E-state index is 11.5. The predicted molar refractivity (Wildman–Crippen MR) is 102 cm³/mol. The smallest absolute Gasteiger partial charge is 0.407 e. The number of nitriles is 1. The van der Waals surface area contributed by atoms with Gasteiger partial charge in [0.2, 0.25) is 0 Å². The van der Waals surface area contributed by atoms with Crippen molar-refractivity contribution in [1.82, 2.24) is 4.90 Å². The first-order valence-corrected chi connectivity index (χ1v) is 9.09. The molecular weight excluding hydrogens is 324 g/mol. The first kappa shape index (κ1) is 18.0. The molecule has 0 saturated heterocycles. The molecule has 4 nitrogen and oxygen atoms in total. The molecule has 0 aliphatic carbocycles. The normalized spacial score (nSPS) is 16.7. The van der Waals surface area contributed by atoms with Crippen LogP contribution in [-0.4, -0.2) is 29.2 Å². The van der Waals surface area contributed by atoms with Gasteiger partial charge in [0, 0.05) is 19.0 Å². The second-order valence-corrected chi connectivity index (χ2v) is 7.41. The van der Waals surface area contributed by atoms with Crippen molar-refractivity contribution in [3.63, 3.8) is 0 Å². The molecule has 4 heteroatoms. The summed E-state index contributed by atoms with van der Waals surface area (Å²) in [5, 5.41) is 18.4. The van der Waals surface area contributed by atoms with Crippen molar-refractivity contribution >= 4 is 6.09 Å². The minimum Gasteiger partial charge on any atom is -0.465 e. The third-order valence-corrected chi connectivity index (χ3v) is 5.05. The van der Waals surface area contributed by atoms with Gasteiger partial charge in [0.15, 0.2) is 0 Å². The average Bonchev–Trinajstić information content (AvgIpc) is 2.81. The first-order valence-electron chi connectivity index (χ1n) is 9.09. The lowest BCUT2D eigenvalue weighted by atomic mass is 9.86. The Morgan fingerprint density at radius 1 is 1.23 bits per heavy atom. The molecule has 2 aromatic rings. The van der Waals surface area contributed by atoms with Gasteiger partial charge in [-0.15, -0.1) is 0 Å². The van der Waals surface area contributed by atoms with E-state index in [2.05, 4.69) is 38.1 Å². The SMILES string of the molecule is CC(C)CC1CN(C(=O)O)CCc2cc(-c3ccc(C#N)cc3)ccc21. The fourth-order valence-corrected chi connectivity index (χ4v) is 3.79. The minimum atomic E-state index is -0.834. The fourth-order valence-electron chi connectivity index (χ4n) is 3.79. The van der Waals surface area contributed by atoms with Gasteiger partial charge in [-0.25, -0.2) is 4.79 Å². The van der Waals surface area contributed by atoms with Crippen LogP contribution in [0.2, 0.25) is 0 Å². The molecule has 1 aliphatic rings. The number of benzene rings is 2. The molecule has 134 valence electrons. The van der Waals surface area contributed by atoms with Crippen LogP contribution in [0.5, 0.6) is 0 Å². The van der Waals surface area contributed by atoms with Gasteiger partial charge in [0.25, 0.3) is 0 Å². The number of hydrogen-bond acceptors (Lipinski definition) is 2. The van der Waals surface area contributed by atoms with Crippen molar-refractivity contribution in [2.45, 2.75) is 32.6 Å². The van der Waals surface area contributed by atoms with Crippen LogP contribution in [0.3, 0.4) is 0 Å². The molecule has 26 heavy (non-hydrogen) atoms. The second-order valence-electron chi connectivity index (χ2n) is 7.41. The van der Waals surface area contributed by atoms with Crippen molar-refractivity contribution in [2.24, 2.45) is 5.92 Å². The van der Waals surface area contributed by atoms with Crippen molar-refractivity contribution in [3.8, 4) is 17.2 Å². The second kappa shape index (κ2) is 7.61. The summed E-state index contributed by atoms with van der Waals surface area (Å²) in [6.07, 6.45) is 0.881. The number of amides is 1. The van der Waals surface area contributed by atoms with E-state index >= 15 is 0 Å². The van der Waals surface area contributed by atoms with E-state index in [0.29, 0.717) is 24.6 Å². The van der Waals surface area contributed by atoms with Crippen LogP contribution >= 0.6 is 0 Å². The highest BCUT2D eigenvalue weighted by molar-refractivity contribution is 5.67. The van der Waals surface area contributed by atoms with Gasteiger partial charge >= 0.3 is 6.09 Å². The molecule has 1 heterocycles. The van der Waals surface area contributed by atoms with Crippen molar-refractivity contribution in [2.75, 3.05) is 13.1 Å². The molecule has 0 spiro atoms. The first-order chi connectivity index (χ1) is 12.5. The highest BCUT2D eigenvalue weighted by atomic mass is 16.4. The van der Waals surface area contributed by atoms with E-state index in [9.17, 15) is 9.90 Å². The summed E-state index contributed by atoms with van der Waals surface area (Å²) in [7, 11) is 0. The average molecular weight is 348 g/mol. The molecule has 0 saturated carbocycles. The van der Waals surface area contributed by atoms with Gasteiger partial charge in [0.1, 0.15) is 0 Å². The monoisotopic (exact) mass is 348 g/mol. The lowest BCUT2D eigenvalue weighted by molar-refractivity contribution is 0.142. The van der Waals surface area contributed by atoms with Crippen LogP contribution in [0.1, 0.15) is 42.9 Å². The molecule has 0 aromatic heterocycles. The lowest BCUT2D eigenvalue weighted by Crippen LogP contribution is -2.33. The Morgan fingerprint density at radius 3 is 2.54 bits per heavy atom. The Morgan fingerprint density at radius 2 is 1.92 bits per heavy atom. The predicted octanol–water partition coefficient (Wildman–Crippen LogP) is 4.89. The molecular formula is C22H24N2O2. The highest BCUT2D eigenvalue weighted by Crippen LogP contribution is 2.33. The van der Waals surface area contributed by atoms with Gasteiger partial charge in [0.05, 0.1) is 11.6 Å². The van der Waals surface area contributed by atoms with Gasteiger partial charge in [-0.2, -0.15) is 5.26 Å². The van der Waals surface area contributed by atoms with Crippen molar-refractivity contribution < 1.29 is 9.90 Å². The molecule has 2 aromatic carbocycles. The van der Waals surface area contributed by atoms with E-state index in [1.54, 1.807) is 4.90 Å². The topological polar surface area (TPSA) is 64.3 Å². The van der Waals surface area contributed by atoms with E-state index in [-0.39, 0.29) is 5.92 Å². The summed E-state index contributed by atoms with van der Waals surface area (Å²) in [5.41, 5.74) is 5.35. The summed E-state index contributed by atoms with van der Waals surface area (Å²) >= 11 is 0. The molecule has 1 unspecified atom stereocenters. The van der Waals surface area contributed by atoms with E-state index in [0.717, 1.165) is 24.0 Å². The van der Waals surface area contributed by atoms with Crippen LogP contribution in [0, 0.1) is 17.2 Å². The number of carboxylic acid groups (broad SMARTS) is 1. The zero-order chi connectivity index (χ0) is 18.7. The van der Waals surface area contributed by atoms with E-state index in [1.807, 2.05) is 24.3 Å². The number of rotatable bonds is 3. The molecule has 0 bridgehead atoms. The lowest BCUT2D eigenvalue weighted by Gasteiger charge is -2.24. The van der Waals surface area contributed by atoms with Gasteiger partial charge < -0.3 is 10.0 Å². The van der Waals surface area contributed by atoms with Crippen LogP contribution in [-0.2, 0) is 6.42 Å². The molecule has 3 rings (SSSR count). The highest BCUT2D eigenvalue weighted by Gasteiger charge is 2.26. The molecule has 0 fully saturated rings. The Labute approximate surface area is 154 Å². The number of carbonyl (C=O) groups is 1. The summed E-state index contributed by atoms with van der Waals surface area (Å²) in [5.74, 6) is 0.749. The molecule has 1 amide bonds. The third kappa shape index (κ3) is 3.88. The molecule has 0 radical (unpaired) electrons. The van der Waals surface area contributed by atoms with Gasteiger partial charge in [-0.3, -0.25) is 0 Å². The van der Waals surface area contributed by atoms with Gasteiger partial charge in [-0.05, 0) is 53.1 Å². The minimum absolute atomic E-state index is 0.235. The van der Waals surface area contributed by atoms with Crippen LogP contribution in [0.4, 0.5) is 4.79 Å². The summed E-state index contributed by atoms with van der Waals surface area (Å²) < 4.78 is 0. The zero-order valence-electron chi connectivity index (χ0n) is 15.3. The molecule has 1 N–H and O–H groups in total. The summed E-state index contributed by atoms with van der Waals surface area (Å²) in [6.45, 7) is 5.46. The van der Waals surface area contributed by atoms with Crippen molar-refractivity contribution in [1.29, 1.82) is 5.26 Å². The standard InChI is InChI=1S/C22H24N2O2/c1-15(2)11-20-14-24(22(25)26)10-9-19-12-18(7-8-21(19)20)17-5-3-16(13-23)4-6-17/h3-8,12,15,20H,9-11,14H2,1-2H3,(H,25,26). The van der Waals surface area contributed by atoms with E-state index < -0.39 is 6.09 Å². The number of fused-ring (bicyclic) bond motifs is 1. The van der Waals surface area contributed by atoms with Crippen LogP contribution in [0.15, 0.2) is 42.5 Å². The summed E-state index contributed by atoms with van der Waals surface area (Å²) in [6, 6.07) is 16.2. The largest absolute Gasteiger partial charge is 0.465 e. The molecule has 1 aliphatic heterocycles. The third-order valence-electron chi connectivity index (χ3n) is 5.05. The Balaban J connectivity index is 1.96. The quantitative estimate of drug-likeness (QED) is 0.859. The van der Waals surface area contributed by atoms with E-state index in [4.69, 9.17) is 5.26 Å². The Hall–Kier alpha value is -2.80. The number of hydrogen-bond donors (Lipinski definition) is 1. The van der Waals surface area contributed by atoms with Crippen molar-refractivity contribution in [3.05, 3.63) is 59.2 Å². The molecule has 1 atom stereocenters. The fraction of sp³-hybridized carbons (Fsp3) is 0.364. The zero-order valence-corrected chi connectivity index (χ0v) is 15.3. The maximum Gasteiger partial charge on any atom is 0.407 e.